The molecule has 1 aromatic carbocycles. The summed E-state index contributed by atoms with van der Waals surface area (Å²) in [6, 6.07) is 6.24. The van der Waals surface area contributed by atoms with Crippen LogP contribution in [0.25, 0.3) is 0 Å². The highest BCUT2D eigenvalue weighted by molar-refractivity contribution is 5.52. The molecular weight excluding hydrogens is 307 g/mol. The smallest absolute Gasteiger partial charge is 0.406 e. The van der Waals surface area contributed by atoms with Crippen molar-refractivity contribution in [3.63, 3.8) is 0 Å². The van der Waals surface area contributed by atoms with Crippen molar-refractivity contribution in [1.82, 2.24) is 10.6 Å². The third kappa shape index (κ3) is 5.06. The van der Waals surface area contributed by atoms with E-state index in [1.54, 1.807) is 12.1 Å². The van der Waals surface area contributed by atoms with Gasteiger partial charge in [-0.1, -0.05) is 0 Å². The molecule has 0 atom stereocenters. The highest BCUT2D eigenvalue weighted by Gasteiger charge is 2.31. The molecule has 23 heavy (non-hydrogen) atoms. The summed E-state index contributed by atoms with van der Waals surface area (Å²) in [5.41, 5.74) is 2.08. The van der Waals surface area contributed by atoms with Crippen LogP contribution in [0.1, 0.15) is 25.7 Å². The Morgan fingerprint density at radius 3 is 2.30 bits per heavy atom. The molecule has 0 amide bonds. The third-order valence-corrected chi connectivity index (χ3v) is 3.90. The molecule has 1 aliphatic heterocycles. The predicted molar refractivity (Wildman–Crippen MR) is 82.0 cm³/mol. The Kier molecular flexibility index (Phi) is 4.66. The normalized spacial score (nSPS) is 18.5. The predicted octanol–water partition coefficient (Wildman–Crippen LogP) is 3.34. The van der Waals surface area contributed by atoms with Crippen LogP contribution in [-0.2, 0) is 0 Å². The van der Waals surface area contributed by atoms with E-state index in [4.69, 9.17) is 0 Å². The average Bonchev–Trinajstić information content (AvgIpc) is 3.33. The molecule has 3 rings (SSSR count). The van der Waals surface area contributed by atoms with Gasteiger partial charge >= 0.3 is 6.36 Å². The van der Waals surface area contributed by atoms with Gasteiger partial charge in [-0.05, 0) is 68.6 Å². The van der Waals surface area contributed by atoms with Gasteiger partial charge in [0.25, 0.3) is 0 Å². The zero-order valence-corrected chi connectivity index (χ0v) is 12.7. The van der Waals surface area contributed by atoms with Crippen molar-refractivity contribution >= 4 is 5.69 Å². The molecule has 0 aromatic heterocycles. The zero-order valence-electron chi connectivity index (χ0n) is 12.7. The molecule has 4 nitrogen and oxygen atoms in total. The Morgan fingerprint density at radius 2 is 1.74 bits per heavy atom. The van der Waals surface area contributed by atoms with E-state index in [1.165, 1.54) is 17.7 Å². The lowest BCUT2D eigenvalue weighted by Crippen LogP contribution is -2.40. The highest BCUT2D eigenvalue weighted by atomic mass is 19.4. The van der Waals surface area contributed by atoms with Crippen LogP contribution < -0.4 is 20.7 Å². The van der Waals surface area contributed by atoms with Crippen molar-refractivity contribution < 1.29 is 17.9 Å². The van der Waals surface area contributed by atoms with Gasteiger partial charge in [0.15, 0.2) is 0 Å². The molecule has 7 heteroatoms. The molecule has 1 saturated heterocycles. The Bertz CT molecular complexity index is 557. The van der Waals surface area contributed by atoms with Gasteiger partial charge in [0.2, 0.25) is 0 Å². The molecule has 1 aromatic rings. The molecule has 1 aliphatic carbocycles. The van der Waals surface area contributed by atoms with E-state index in [0.717, 1.165) is 50.3 Å². The minimum atomic E-state index is -4.66. The molecule has 0 radical (unpaired) electrons. The van der Waals surface area contributed by atoms with Crippen molar-refractivity contribution in [2.24, 2.45) is 0 Å². The van der Waals surface area contributed by atoms with Crippen molar-refractivity contribution in [3.8, 4) is 5.75 Å². The van der Waals surface area contributed by atoms with Crippen molar-refractivity contribution in [2.45, 2.75) is 38.1 Å². The van der Waals surface area contributed by atoms with E-state index in [-0.39, 0.29) is 5.75 Å². The van der Waals surface area contributed by atoms with Gasteiger partial charge in [0.1, 0.15) is 11.6 Å². The fourth-order valence-electron chi connectivity index (χ4n) is 2.59. The van der Waals surface area contributed by atoms with Crippen molar-refractivity contribution in [2.75, 3.05) is 18.4 Å². The second-order valence-electron chi connectivity index (χ2n) is 5.84. The first-order valence-electron chi connectivity index (χ1n) is 7.82. The van der Waals surface area contributed by atoms with Crippen LogP contribution >= 0.6 is 0 Å². The third-order valence-electron chi connectivity index (χ3n) is 3.90. The number of benzene rings is 1. The second-order valence-corrected chi connectivity index (χ2v) is 5.84. The van der Waals surface area contributed by atoms with Gasteiger partial charge in [-0.25, -0.2) is 0 Å². The van der Waals surface area contributed by atoms with Crippen LogP contribution in [0.4, 0.5) is 18.9 Å². The molecule has 0 bridgehead atoms. The Morgan fingerprint density at radius 1 is 1.09 bits per heavy atom. The van der Waals surface area contributed by atoms with E-state index in [0.29, 0.717) is 6.04 Å². The lowest BCUT2D eigenvalue weighted by molar-refractivity contribution is -0.274. The maximum atomic E-state index is 12.2. The van der Waals surface area contributed by atoms with E-state index < -0.39 is 6.36 Å². The fourth-order valence-corrected chi connectivity index (χ4v) is 2.59. The molecule has 126 valence electrons. The first kappa shape index (κ1) is 16.0. The van der Waals surface area contributed by atoms with Gasteiger partial charge in [-0.2, -0.15) is 0 Å². The summed E-state index contributed by atoms with van der Waals surface area (Å²) >= 11 is 0. The minimum Gasteiger partial charge on any atom is -0.406 e. The summed E-state index contributed by atoms with van der Waals surface area (Å²) < 4.78 is 40.4. The average molecular weight is 327 g/mol. The topological polar surface area (TPSA) is 45.3 Å². The molecule has 0 unspecified atom stereocenters. The van der Waals surface area contributed by atoms with Gasteiger partial charge in [0, 0.05) is 11.7 Å². The summed E-state index contributed by atoms with van der Waals surface area (Å²) in [5, 5.41) is 10.2. The van der Waals surface area contributed by atoms with Crippen LogP contribution in [0.3, 0.4) is 0 Å². The summed E-state index contributed by atoms with van der Waals surface area (Å²) in [7, 11) is 0. The second kappa shape index (κ2) is 6.70. The fraction of sp³-hybridized carbons (Fsp3) is 0.500. The van der Waals surface area contributed by atoms with E-state index >= 15 is 0 Å². The standard InChI is InChI=1S/C16H20F3N3O/c17-16(18,19)23-14-5-3-12(4-6-14)21-15(11-1-2-11)22-13-7-9-20-10-8-13/h3-6,13,20-22H,1-2,7-10H2. The molecule has 1 saturated carbocycles. The van der Waals surface area contributed by atoms with E-state index in [1.807, 2.05) is 0 Å². The molecule has 0 spiro atoms. The maximum absolute atomic E-state index is 12.2. The van der Waals surface area contributed by atoms with Crippen LogP contribution in [0.5, 0.6) is 5.75 Å². The maximum Gasteiger partial charge on any atom is 0.573 e. The zero-order chi connectivity index (χ0) is 16.3. The van der Waals surface area contributed by atoms with Crippen LogP contribution in [0.2, 0.25) is 0 Å². The molecular formula is C16H20F3N3O. The number of hydrogen-bond donors (Lipinski definition) is 3. The number of halogens is 3. The van der Waals surface area contributed by atoms with E-state index in [9.17, 15) is 13.2 Å². The summed E-state index contributed by atoms with van der Waals surface area (Å²) in [6.45, 7) is 2.01. The number of allylic oxidation sites excluding steroid dienone is 1. The van der Waals surface area contributed by atoms with Crippen LogP contribution in [-0.4, -0.2) is 25.5 Å². The lowest BCUT2D eigenvalue weighted by Gasteiger charge is -2.26. The number of nitrogens with one attached hydrogen (secondary N) is 3. The van der Waals surface area contributed by atoms with Crippen molar-refractivity contribution in [3.05, 3.63) is 35.7 Å². The molecule has 3 N–H and O–H groups in total. The van der Waals surface area contributed by atoms with Gasteiger partial charge < -0.3 is 20.7 Å². The Hall–Kier alpha value is -1.89. The van der Waals surface area contributed by atoms with Crippen LogP contribution in [0, 0.1) is 0 Å². The number of alkyl halides is 3. The quantitative estimate of drug-likeness (QED) is 0.776. The number of anilines is 1. The van der Waals surface area contributed by atoms with Gasteiger partial charge in [-0.3, -0.25) is 0 Å². The largest absolute Gasteiger partial charge is 0.573 e. The summed E-state index contributed by atoms with van der Waals surface area (Å²) in [4.78, 5) is 0. The monoisotopic (exact) mass is 327 g/mol. The van der Waals surface area contributed by atoms with Gasteiger partial charge in [-0.15, -0.1) is 13.2 Å². The lowest BCUT2D eigenvalue weighted by atomic mass is 10.1. The minimum absolute atomic E-state index is 0.213. The number of rotatable bonds is 5. The SMILES string of the molecule is FC(F)(F)Oc1ccc(NC(NC2CCNCC2)=C2CC2)cc1. The molecule has 2 fully saturated rings. The Balaban J connectivity index is 1.61. The number of hydrogen-bond acceptors (Lipinski definition) is 4. The number of ether oxygens (including phenoxy) is 1. The summed E-state index contributed by atoms with van der Waals surface area (Å²) in [5.74, 6) is 0.788. The Labute approximate surface area is 133 Å². The highest BCUT2D eigenvalue weighted by Crippen LogP contribution is 2.32. The first-order valence-corrected chi connectivity index (χ1v) is 7.82. The van der Waals surface area contributed by atoms with E-state index in [2.05, 4.69) is 20.7 Å². The summed E-state index contributed by atoms with van der Waals surface area (Å²) in [6.07, 6.45) is -0.397. The van der Waals surface area contributed by atoms with Crippen molar-refractivity contribution in [1.29, 1.82) is 0 Å². The number of piperidine rings is 1. The molecule has 2 aliphatic rings. The molecule has 1 heterocycles. The first-order chi connectivity index (χ1) is 11.0. The van der Waals surface area contributed by atoms with Gasteiger partial charge in [0.05, 0.1) is 0 Å². The van der Waals surface area contributed by atoms with Crippen LogP contribution in [0.15, 0.2) is 35.7 Å².